The number of aliphatic hydroxyl groups is 1. The van der Waals surface area contributed by atoms with E-state index in [1.165, 1.54) is 5.56 Å². The summed E-state index contributed by atoms with van der Waals surface area (Å²) in [6, 6.07) is 8.50. The molecule has 1 atom stereocenters. The van der Waals surface area contributed by atoms with Crippen molar-refractivity contribution in [2.45, 2.75) is 19.4 Å². The SMILES string of the molecule is C[C@@H](NCCCO)c1ccccc1Br. The first-order valence-electron chi connectivity index (χ1n) is 4.84. The van der Waals surface area contributed by atoms with Crippen molar-refractivity contribution in [2.75, 3.05) is 13.2 Å². The highest BCUT2D eigenvalue weighted by atomic mass is 79.9. The predicted octanol–water partition coefficient (Wildman–Crippen LogP) is 2.48. The average molecular weight is 258 g/mol. The van der Waals surface area contributed by atoms with Crippen LogP contribution >= 0.6 is 15.9 Å². The van der Waals surface area contributed by atoms with Gasteiger partial charge in [-0.3, -0.25) is 0 Å². The number of nitrogens with one attached hydrogen (secondary N) is 1. The lowest BCUT2D eigenvalue weighted by molar-refractivity contribution is 0.284. The summed E-state index contributed by atoms with van der Waals surface area (Å²) in [5, 5.41) is 12.0. The van der Waals surface area contributed by atoms with Crippen molar-refractivity contribution in [3.05, 3.63) is 34.3 Å². The Kier molecular flexibility index (Phi) is 5.15. The molecule has 0 aliphatic carbocycles. The highest BCUT2D eigenvalue weighted by Gasteiger charge is 2.06. The Balaban J connectivity index is 2.51. The van der Waals surface area contributed by atoms with Crippen molar-refractivity contribution in [3.8, 4) is 0 Å². The largest absolute Gasteiger partial charge is 0.396 e. The molecule has 1 aromatic rings. The molecule has 2 nitrogen and oxygen atoms in total. The third-order valence-corrected chi connectivity index (χ3v) is 2.88. The molecule has 0 bridgehead atoms. The van der Waals surface area contributed by atoms with Crippen molar-refractivity contribution in [3.63, 3.8) is 0 Å². The van der Waals surface area contributed by atoms with Crippen LogP contribution in [0.2, 0.25) is 0 Å². The van der Waals surface area contributed by atoms with Crippen LogP contribution in [0.1, 0.15) is 24.9 Å². The van der Waals surface area contributed by atoms with E-state index in [1.807, 2.05) is 18.2 Å². The second-order valence-electron chi connectivity index (χ2n) is 3.27. The number of hydrogen-bond donors (Lipinski definition) is 2. The van der Waals surface area contributed by atoms with Crippen molar-refractivity contribution in [1.29, 1.82) is 0 Å². The molecule has 14 heavy (non-hydrogen) atoms. The topological polar surface area (TPSA) is 32.3 Å². The van der Waals surface area contributed by atoms with Crippen LogP contribution in [0.15, 0.2) is 28.7 Å². The first-order chi connectivity index (χ1) is 6.75. The van der Waals surface area contributed by atoms with E-state index in [2.05, 4.69) is 34.2 Å². The summed E-state index contributed by atoms with van der Waals surface area (Å²) >= 11 is 3.52. The van der Waals surface area contributed by atoms with Gasteiger partial charge in [0.25, 0.3) is 0 Å². The van der Waals surface area contributed by atoms with Crippen LogP contribution in [-0.4, -0.2) is 18.3 Å². The summed E-state index contributed by atoms with van der Waals surface area (Å²) in [6.07, 6.45) is 0.800. The molecule has 1 aromatic carbocycles. The van der Waals surface area contributed by atoms with Crippen LogP contribution in [0.4, 0.5) is 0 Å². The maximum atomic E-state index is 8.66. The molecule has 0 radical (unpaired) electrons. The maximum absolute atomic E-state index is 8.66. The van der Waals surface area contributed by atoms with Gasteiger partial charge in [-0.15, -0.1) is 0 Å². The van der Waals surface area contributed by atoms with E-state index in [-0.39, 0.29) is 6.61 Å². The van der Waals surface area contributed by atoms with Gasteiger partial charge in [-0.25, -0.2) is 0 Å². The quantitative estimate of drug-likeness (QED) is 0.795. The lowest BCUT2D eigenvalue weighted by atomic mass is 10.1. The smallest absolute Gasteiger partial charge is 0.0443 e. The Morgan fingerprint density at radius 3 is 2.79 bits per heavy atom. The van der Waals surface area contributed by atoms with Crippen molar-refractivity contribution in [2.24, 2.45) is 0 Å². The number of rotatable bonds is 5. The molecule has 0 saturated carbocycles. The lowest BCUT2D eigenvalue weighted by Gasteiger charge is -2.15. The van der Waals surface area contributed by atoms with E-state index in [0.717, 1.165) is 17.4 Å². The van der Waals surface area contributed by atoms with E-state index in [9.17, 15) is 0 Å². The monoisotopic (exact) mass is 257 g/mol. The minimum atomic E-state index is 0.246. The first-order valence-corrected chi connectivity index (χ1v) is 5.63. The zero-order chi connectivity index (χ0) is 10.4. The van der Waals surface area contributed by atoms with Crippen LogP contribution in [0.3, 0.4) is 0 Å². The fourth-order valence-electron chi connectivity index (χ4n) is 1.33. The fourth-order valence-corrected chi connectivity index (χ4v) is 1.96. The van der Waals surface area contributed by atoms with Gasteiger partial charge in [0, 0.05) is 17.1 Å². The standard InChI is InChI=1S/C11H16BrNO/c1-9(13-7-4-8-14)10-5-2-3-6-11(10)12/h2-3,5-6,9,13-14H,4,7-8H2,1H3/t9-/m1/s1. The molecule has 0 aromatic heterocycles. The molecule has 0 saturated heterocycles. The fraction of sp³-hybridized carbons (Fsp3) is 0.455. The van der Waals surface area contributed by atoms with E-state index in [4.69, 9.17) is 5.11 Å². The average Bonchev–Trinajstić information content (AvgIpc) is 2.18. The number of halogens is 1. The van der Waals surface area contributed by atoms with Crippen LogP contribution in [0, 0.1) is 0 Å². The van der Waals surface area contributed by atoms with Gasteiger partial charge in [-0.1, -0.05) is 34.1 Å². The third-order valence-electron chi connectivity index (χ3n) is 2.16. The summed E-state index contributed by atoms with van der Waals surface area (Å²) in [5.74, 6) is 0. The van der Waals surface area contributed by atoms with Crippen molar-refractivity contribution < 1.29 is 5.11 Å². The van der Waals surface area contributed by atoms with Gasteiger partial charge in [-0.05, 0) is 31.5 Å². The molecule has 0 aliphatic heterocycles. The molecule has 0 heterocycles. The molecule has 78 valence electrons. The molecule has 2 N–H and O–H groups in total. The summed E-state index contributed by atoms with van der Waals surface area (Å²) in [7, 11) is 0. The normalized spacial score (nSPS) is 12.8. The Hall–Kier alpha value is -0.380. The summed E-state index contributed by atoms with van der Waals surface area (Å²) < 4.78 is 1.13. The van der Waals surface area contributed by atoms with Crippen molar-refractivity contribution >= 4 is 15.9 Å². The second kappa shape index (κ2) is 6.17. The molecule has 3 heteroatoms. The van der Waals surface area contributed by atoms with Crippen LogP contribution in [0.5, 0.6) is 0 Å². The zero-order valence-electron chi connectivity index (χ0n) is 8.33. The minimum Gasteiger partial charge on any atom is -0.396 e. The van der Waals surface area contributed by atoms with Gasteiger partial charge in [0.15, 0.2) is 0 Å². The highest BCUT2D eigenvalue weighted by Crippen LogP contribution is 2.22. The number of benzene rings is 1. The summed E-state index contributed by atoms with van der Waals surface area (Å²) in [5.41, 5.74) is 1.26. The van der Waals surface area contributed by atoms with E-state index >= 15 is 0 Å². The maximum Gasteiger partial charge on any atom is 0.0443 e. The summed E-state index contributed by atoms with van der Waals surface area (Å²) in [4.78, 5) is 0. The highest BCUT2D eigenvalue weighted by molar-refractivity contribution is 9.10. The molecule has 0 aliphatic rings. The lowest BCUT2D eigenvalue weighted by Crippen LogP contribution is -2.20. The van der Waals surface area contributed by atoms with Gasteiger partial charge in [0.05, 0.1) is 0 Å². The van der Waals surface area contributed by atoms with Crippen LogP contribution in [-0.2, 0) is 0 Å². The molecular weight excluding hydrogens is 242 g/mol. The van der Waals surface area contributed by atoms with Gasteiger partial charge in [0.1, 0.15) is 0 Å². The van der Waals surface area contributed by atoms with E-state index in [0.29, 0.717) is 6.04 Å². The van der Waals surface area contributed by atoms with Crippen LogP contribution in [0.25, 0.3) is 0 Å². The molecular formula is C11H16BrNO. The Bertz CT molecular complexity index is 278. The number of hydrogen-bond acceptors (Lipinski definition) is 2. The zero-order valence-corrected chi connectivity index (χ0v) is 9.92. The molecule has 0 spiro atoms. The minimum absolute atomic E-state index is 0.246. The van der Waals surface area contributed by atoms with Gasteiger partial charge in [-0.2, -0.15) is 0 Å². The van der Waals surface area contributed by atoms with Gasteiger partial charge in [0.2, 0.25) is 0 Å². The second-order valence-corrected chi connectivity index (χ2v) is 4.13. The Labute approximate surface area is 93.5 Å². The molecule has 0 fully saturated rings. The van der Waals surface area contributed by atoms with Gasteiger partial charge < -0.3 is 10.4 Å². The predicted molar refractivity (Wildman–Crippen MR) is 62.3 cm³/mol. The summed E-state index contributed by atoms with van der Waals surface area (Å²) in [6.45, 7) is 3.21. The van der Waals surface area contributed by atoms with Crippen LogP contribution < -0.4 is 5.32 Å². The third kappa shape index (κ3) is 3.40. The van der Waals surface area contributed by atoms with E-state index < -0.39 is 0 Å². The first kappa shape index (κ1) is 11.7. The number of aliphatic hydroxyl groups excluding tert-OH is 1. The molecule has 0 unspecified atom stereocenters. The van der Waals surface area contributed by atoms with Crippen molar-refractivity contribution in [1.82, 2.24) is 5.32 Å². The molecule has 1 rings (SSSR count). The Morgan fingerprint density at radius 2 is 2.14 bits per heavy atom. The van der Waals surface area contributed by atoms with E-state index in [1.54, 1.807) is 0 Å². The van der Waals surface area contributed by atoms with Gasteiger partial charge >= 0.3 is 0 Å². The molecule has 0 amide bonds. The Morgan fingerprint density at radius 1 is 1.43 bits per heavy atom.